The number of fused-ring (bicyclic) bond motifs is 1. The monoisotopic (exact) mass is 406 g/mol. The number of carbonyl (C=O) groups is 2. The molecule has 0 N–H and O–H groups in total. The Bertz CT molecular complexity index is 1100. The van der Waals surface area contributed by atoms with E-state index in [1.165, 1.54) is 29.5 Å². The molecule has 27 heavy (non-hydrogen) atoms. The molecule has 1 aromatic heterocycles. The highest BCUT2D eigenvalue weighted by atomic mass is 35.5. The van der Waals surface area contributed by atoms with Crippen molar-refractivity contribution in [3.63, 3.8) is 0 Å². The third-order valence-electron chi connectivity index (χ3n) is 3.89. The van der Waals surface area contributed by atoms with E-state index in [-0.39, 0.29) is 18.7 Å². The van der Waals surface area contributed by atoms with Crippen LogP contribution in [0.3, 0.4) is 0 Å². The van der Waals surface area contributed by atoms with Gasteiger partial charge < -0.3 is 9.30 Å². The maximum Gasteiger partial charge on any atom is 0.326 e. The lowest BCUT2D eigenvalue weighted by molar-refractivity contribution is -0.143. The van der Waals surface area contributed by atoms with Gasteiger partial charge in [0.25, 0.3) is 5.91 Å². The molecule has 0 fully saturated rings. The topological polar surface area (TPSA) is 60.7 Å². The molecule has 0 saturated carbocycles. The van der Waals surface area contributed by atoms with Gasteiger partial charge in [-0.15, -0.1) is 0 Å². The maximum absolute atomic E-state index is 13.4. The molecule has 0 radical (unpaired) electrons. The molecule has 8 heteroatoms. The summed E-state index contributed by atoms with van der Waals surface area (Å²) < 4.78 is 20.9. The van der Waals surface area contributed by atoms with Crippen LogP contribution >= 0.6 is 22.9 Å². The van der Waals surface area contributed by atoms with Crippen LogP contribution in [0.1, 0.15) is 22.8 Å². The number of amides is 1. The summed E-state index contributed by atoms with van der Waals surface area (Å²) in [5, 5.41) is 0.543. The molecule has 0 aliphatic carbocycles. The van der Waals surface area contributed by atoms with Crippen LogP contribution in [0.2, 0.25) is 5.02 Å². The van der Waals surface area contributed by atoms with Crippen LogP contribution in [-0.4, -0.2) is 23.1 Å². The normalized spacial score (nSPS) is 11.8. The van der Waals surface area contributed by atoms with Gasteiger partial charge >= 0.3 is 5.97 Å². The number of hydrogen-bond acceptors (Lipinski definition) is 4. The molecule has 1 amide bonds. The number of rotatable bonds is 4. The second kappa shape index (κ2) is 8.02. The van der Waals surface area contributed by atoms with Crippen molar-refractivity contribution >= 4 is 45.0 Å². The van der Waals surface area contributed by atoms with Gasteiger partial charge in [-0.2, -0.15) is 4.99 Å². The summed E-state index contributed by atoms with van der Waals surface area (Å²) in [5.41, 5.74) is 1.62. The lowest BCUT2D eigenvalue weighted by Crippen LogP contribution is -2.23. The van der Waals surface area contributed by atoms with Crippen molar-refractivity contribution in [1.29, 1.82) is 0 Å². The van der Waals surface area contributed by atoms with Crippen molar-refractivity contribution < 1.29 is 18.7 Å². The molecule has 0 atom stereocenters. The van der Waals surface area contributed by atoms with Crippen molar-refractivity contribution in [3.8, 4) is 0 Å². The molecule has 2 aromatic carbocycles. The van der Waals surface area contributed by atoms with Crippen LogP contribution in [0.5, 0.6) is 0 Å². The average Bonchev–Trinajstić information content (AvgIpc) is 2.96. The molecule has 0 aliphatic heterocycles. The first kappa shape index (κ1) is 19.3. The first-order valence-electron chi connectivity index (χ1n) is 8.19. The summed E-state index contributed by atoms with van der Waals surface area (Å²) in [6, 6.07) is 8.87. The van der Waals surface area contributed by atoms with Crippen molar-refractivity contribution in [2.45, 2.75) is 20.4 Å². The molecule has 3 aromatic rings. The molecule has 0 spiro atoms. The van der Waals surface area contributed by atoms with Gasteiger partial charge in [0, 0.05) is 10.6 Å². The van der Waals surface area contributed by atoms with E-state index in [1.807, 2.05) is 13.0 Å². The Kier molecular flexibility index (Phi) is 5.72. The molecule has 0 bridgehead atoms. The Hall–Kier alpha value is -2.51. The number of hydrogen-bond donors (Lipinski definition) is 0. The lowest BCUT2D eigenvalue weighted by Gasteiger charge is -2.08. The molecular formula is C19H16ClFN2O3S. The van der Waals surface area contributed by atoms with Gasteiger partial charge in [-0.25, -0.2) is 4.39 Å². The standard InChI is InChI=1S/C19H16ClFN2O3S/c1-3-26-16(24)10-23-17-11(2)14(20)7-8-15(17)27-19(23)22-18(25)12-5-4-6-13(21)9-12/h4-9H,3,10H2,1-2H3. The zero-order valence-corrected chi connectivity index (χ0v) is 16.2. The summed E-state index contributed by atoms with van der Waals surface area (Å²) in [6.07, 6.45) is 0. The highest BCUT2D eigenvalue weighted by Gasteiger charge is 2.16. The van der Waals surface area contributed by atoms with Crippen molar-refractivity contribution in [1.82, 2.24) is 4.57 Å². The number of ether oxygens (including phenoxy) is 1. The van der Waals surface area contributed by atoms with E-state index >= 15 is 0 Å². The number of nitrogens with zero attached hydrogens (tertiary/aromatic N) is 2. The summed E-state index contributed by atoms with van der Waals surface area (Å²) >= 11 is 7.47. The van der Waals surface area contributed by atoms with Gasteiger partial charge in [-0.3, -0.25) is 9.59 Å². The molecule has 0 aliphatic rings. The zero-order chi connectivity index (χ0) is 19.6. The van der Waals surface area contributed by atoms with Gasteiger partial charge in [0.05, 0.1) is 16.8 Å². The summed E-state index contributed by atoms with van der Waals surface area (Å²) in [7, 11) is 0. The number of aromatic nitrogens is 1. The van der Waals surface area contributed by atoms with Gasteiger partial charge in [0.1, 0.15) is 12.4 Å². The predicted octanol–water partition coefficient (Wildman–Crippen LogP) is 4.11. The van der Waals surface area contributed by atoms with E-state index < -0.39 is 17.7 Å². The highest BCUT2D eigenvalue weighted by molar-refractivity contribution is 7.16. The van der Waals surface area contributed by atoms with Crippen LogP contribution in [0.4, 0.5) is 4.39 Å². The van der Waals surface area contributed by atoms with Crippen LogP contribution in [0.15, 0.2) is 41.4 Å². The summed E-state index contributed by atoms with van der Waals surface area (Å²) in [4.78, 5) is 29.0. The van der Waals surface area contributed by atoms with Gasteiger partial charge in [0.2, 0.25) is 0 Å². The first-order valence-corrected chi connectivity index (χ1v) is 9.39. The fourth-order valence-electron chi connectivity index (χ4n) is 2.66. The third kappa shape index (κ3) is 4.09. The summed E-state index contributed by atoms with van der Waals surface area (Å²) in [5.74, 6) is -1.56. The molecule has 1 heterocycles. The first-order chi connectivity index (χ1) is 12.9. The van der Waals surface area contributed by atoms with Crippen molar-refractivity contribution in [2.75, 3.05) is 6.61 Å². The van der Waals surface area contributed by atoms with Crippen LogP contribution in [0.25, 0.3) is 10.2 Å². The quantitative estimate of drug-likeness (QED) is 0.612. The SMILES string of the molecule is CCOC(=O)Cn1c(=NC(=O)c2cccc(F)c2)sc2ccc(Cl)c(C)c21. The van der Waals surface area contributed by atoms with Crippen molar-refractivity contribution in [2.24, 2.45) is 4.99 Å². The Morgan fingerprint density at radius 3 is 2.78 bits per heavy atom. The van der Waals surface area contributed by atoms with Gasteiger partial charge in [-0.05, 0) is 49.7 Å². The minimum atomic E-state index is -0.595. The minimum absolute atomic E-state index is 0.107. The average molecular weight is 407 g/mol. The second-order valence-electron chi connectivity index (χ2n) is 5.72. The van der Waals surface area contributed by atoms with E-state index in [2.05, 4.69) is 4.99 Å². The largest absolute Gasteiger partial charge is 0.465 e. The smallest absolute Gasteiger partial charge is 0.326 e. The van der Waals surface area contributed by atoms with E-state index in [1.54, 1.807) is 17.6 Å². The van der Waals surface area contributed by atoms with Crippen molar-refractivity contribution in [3.05, 3.63) is 63.2 Å². The minimum Gasteiger partial charge on any atom is -0.465 e. The summed E-state index contributed by atoms with van der Waals surface area (Å²) in [6.45, 7) is 3.69. The van der Waals surface area contributed by atoms with Crippen LogP contribution < -0.4 is 4.80 Å². The zero-order valence-electron chi connectivity index (χ0n) is 14.7. The van der Waals surface area contributed by atoms with Crippen LogP contribution in [0, 0.1) is 12.7 Å². The van der Waals surface area contributed by atoms with Gasteiger partial charge in [0.15, 0.2) is 4.80 Å². The van der Waals surface area contributed by atoms with Crippen LogP contribution in [-0.2, 0) is 16.1 Å². The Morgan fingerprint density at radius 1 is 1.30 bits per heavy atom. The van der Waals surface area contributed by atoms with E-state index in [9.17, 15) is 14.0 Å². The number of esters is 1. The van der Waals surface area contributed by atoms with E-state index in [0.717, 1.165) is 16.3 Å². The lowest BCUT2D eigenvalue weighted by atomic mass is 10.2. The Labute approximate surface area is 163 Å². The van der Waals surface area contributed by atoms with E-state index in [0.29, 0.717) is 15.3 Å². The fourth-order valence-corrected chi connectivity index (χ4v) is 3.90. The molecule has 0 unspecified atom stereocenters. The molecule has 5 nitrogen and oxygen atoms in total. The second-order valence-corrected chi connectivity index (χ2v) is 7.14. The molecule has 3 rings (SSSR count). The molecular weight excluding hydrogens is 391 g/mol. The Balaban J connectivity index is 2.17. The number of carbonyl (C=O) groups excluding carboxylic acids is 2. The molecule has 140 valence electrons. The Morgan fingerprint density at radius 2 is 2.07 bits per heavy atom. The van der Waals surface area contributed by atoms with Gasteiger partial charge in [-0.1, -0.05) is 29.0 Å². The fraction of sp³-hybridized carbons (Fsp3) is 0.211. The molecule has 0 saturated heterocycles. The number of halogens is 2. The number of benzene rings is 2. The maximum atomic E-state index is 13.4. The predicted molar refractivity (Wildman–Crippen MR) is 102 cm³/mol. The van der Waals surface area contributed by atoms with E-state index in [4.69, 9.17) is 16.3 Å². The number of thiazole rings is 1. The number of aryl methyl sites for hydroxylation is 1. The highest BCUT2D eigenvalue weighted by Crippen LogP contribution is 2.27. The third-order valence-corrected chi connectivity index (χ3v) is 5.34.